The van der Waals surface area contributed by atoms with E-state index >= 15 is 0 Å². The minimum Gasteiger partial charge on any atom is -0.394 e. The van der Waals surface area contributed by atoms with Crippen LogP contribution in [-0.2, 0) is 33.2 Å². The van der Waals surface area contributed by atoms with Crippen LogP contribution in [0.25, 0.3) is 0 Å². The van der Waals surface area contributed by atoms with E-state index < -0.39 is 136 Å². The third kappa shape index (κ3) is 8.04. The van der Waals surface area contributed by atoms with Crippen LogP contribution in [-0.4, -0.2) is 215 Å². The van der Waals surface area contributed by atoms with Crippen LogP contribution in [0.3, 0.4) is 0 Å². The highest BCUT2D eigenvalue weighted by molar-refractivity contribution is 5.73. The number of rotatable bonds is 8. The van der Waals surface area contributed by atoms with E-state index in [1.807, 2.05) is 0 Å². The molecule has 5 saturated heterocycles. The van der Waals surface area contributed by atoms with Gasteiger partial charge < -0.3 is 100 Å². The van der Waals surface area contributed by atoms with E-state index in [0.29, 0.717) is 6.42 Å². The molecule has 6 aliphatic rings. The summed E-state index contributed by atoms with van der Waals surface area (Å²) in [5.41, 5.74) is 0. The van der Waals surface area contributed by atoms with Crippen LogP contribution in [0.15, 0.2) is 0 Å². The lowest BCUT2D eigenvalue weighted by atomic mass is 9.82. The fraction of sp³-hybridized carbons (Fsp3) is 0.962. The van der Waals surface area contributed by atoms with Gasteiger partial charge in [0.1, 0.15) is 91.5 Å². The van der Waals surface area contributed by atoms with Gasteiger partial charge in [-0.15, -0.1) is 0 Å². The van der Waals surface area contributed by atoms with Crippen LogP contribution in [0.2, 0.25) is 0 Å². The van der Waals surface area contributed by atoms with Gasteiger partial charge in [0.05, 0.1) is 32.0 Å². The van der Waals surface area contributed by atoms with Gasteiger partial charge in [-0.25, -0.2) is 0 Å². The van der Waals surface area contributed by atoms with Crippen molar-refractivity contribution in [1.82, 2.24) is 5.32 Å². The largest absolute Gasteiger partial charge is 0.394 e. The lowest BCUT2D eigenvalue weighted by molar-refractivity contribution is -0.372. The predicted molar refractivity (Wildman–Crippen MR) is 144 cm³/mol. The number of carbonyl (C=O) groups is 1. The van der Waals surface area contributed by atoms with Crippen molar-refractivity contribution in [2.45, 2.75) is 136 Å². The molecule has 0 aromatic carbocycles. The van der Waals surface area contributed by atoms with Gasteiger partial charge in [-0.2, -0.15) is 0 Å². The smallest absolute Gasteiger partial charge is 0.217 e. The third-order valence-electron chi connectivity index (χ3n) is 8.77. The maximum absolute atomic E-state index is 11.6. The number of hydrogen-bond donors (Lipinski definition) is 14. The number of aliphatic hydroxyl groups excluding tert-OH is 13. The fourth-order valence-electron chi connectivity index (χ4n) is 5.98. The Labute approximate surface area is 267 Å². The van der Waals surface area contributed by atoms with Crippen LogP contribution in [0.4, 0.5) is 0 Å². The summed E-state index contributed by atoms with van der Waals surface area (Å²) in [6.07, 6.45) is -25.9. The van der Waals surface area contributed by atoms with Crippen molar-refractivity contribution in [2.24, 2.45) is 0 Å². The van der Waals surface area contributed by atoms with Crippen molar-refractivity contribution in [2.75, 3.05) is 19.8 Å². The van der Waals surface area contributed by atoms with Crippen molar-refractivity contribution < 1.29 is 99.6 Å². The van der Waals surface area contributed by atoms with E-state index in [-0.39, 0.29) is 12.2 Å². The summed E-state index contributed by atoms with van der Waals surface area (Å²) in [7, 11) is 0. The first-order chi connectivity index (χ1) is 22.1. The monoisotopic (exact) mass is 691 g/mol. The van der Waals surface area contributed by atoms with Crippen molar-refractivity contribution >= 4 is 5.91 Å². The predicted octanol–water partition coefficient (Wildman–Crippen LogP) is -9.19. The number of amides is 1. The topological polar surface area (TPSA) is 347 Å². The second-order valence-corrected chi connectivity index (χ2v) is 12.0. The molecule has 19 atom stereocenters. The van der Waals surface area contributed by atoms with Gasteiger partial charge in [-0.1, -0.05) is 0 Å². The molecule has 1 unspecified atom stereocenters. The lowest BCUT2D eigenvalue weighted by Gasteiger charge is -2.49. The average Bonchev–Trinajstić information content (AvgIpc) is 3.01. The highest BCUT2D eigenvalue weighted by Crippen LogP contribution is 2.35. The molecule has 21 heteroatoms. The minimum absolute atomic E-state index is 0.247. The van der Waals surface area contributed by atoms with E-state index in [4.69, 9.17) is 43.7 Å². The van der Waals surface area contributed by atoms with Crippen molar-refractivity contribution in [1.29, 1.82) is 0 Å². The normalized spacial score (nSPS) is 51.3. The quantitative estimate of drug-likeness (QED) is 0.112. The Morgan fingerprint density at radius 2 is 1.02 bits per heavy atom. The molecule has 47 heavy (non-hydrogen) atoms. The summed E-state index contributed by atoms with van der Waals surface area (Å²) in [6.45, 7) is -1.21. The number of fused-ring (bicyclic) bond motifs is 2. The molecule has 14 N–H and O–H groups in total. The molecule has 0 radical (unpaired) electrons. The van der Waals surface area contributed by atoms with E-state index in [2.05, 4.69) is 5.32 Å². The first-order valence-corrected chi connectivity index (χ1v) is 15.0. The van der Waals surface area contributed by atoms with Gasteiger partial charge in [0.2, 0.25) is 5.91 Å². The van der Waals surface area contributed by atoms with E-state index in [0.717, 1.165) is 6.92 Å². The number of aliphatic hydroxyl groups is 13. The van der Waals surface area contributed by atoms with Gasteiger partial charge in [0.15, 0.2) is 18.9 Å². The van der Waals surface area contributed by atoms with E-state index in [9.17, 15) is 55.9 Å². The number of carbonyl (C=O) groups excluding carboxylic acids is 1. The molecule has 0 aromatic rings. The summed E-state index contributed by atoms with van der Waals surface area (Å²) in [6, 6.07) is -1.39. The lowest BCUT2D eigenvalue weighted by Crippen LogP contribution is -2.68. The van der Waals surface area contributed by atoms with Gasteiger partial charge >= 0.3 is 0 Å². The maximum Gasteiger partial charge on any atom is 0.217 e. The zero-order valence-corrected chi connectivity index (χ0v) is 25.0. The van der Waals surface area contributed by atoms with Crippen LogP contribution < -0.4 is 5.32 Å². The van der Waals surface area contributed by atoms with Gasteiger partial charge in [0.25, 0.3) is 0 Å². The second-order valence-electron chi connectivity index (χ2n) is 12.0. The van der Waals surface area contributed by atoms with Gasteiger partial charge in [-0.3, -0.25) is 4.79 Å². The standard InChI is InChI=1S/C20H35NO16.C6H10O4/c1-5(25)21-9-17(11(27)7(3-23)33-18(9)32)37-20-15(31)13(29)16(8(4-24)35-20)36-19-14(30)12(28)10(26)6(2-22)34-19;7-4-2-1-3(10-2)5(8)6(4)9/h6-20,22-24,26-32H,2-4H2,1H3,(H,21,25);2-9H,1H2/t6-,7-,8-,9-,10+,11+,12+,13-,14-,15-,16+,17-,18?,19-,20+;2-,3-,4+,5+/m10/s1. The van der Waals surface area contributed by atoms with Crippen molar-refractivity contribution in [3.05, 3.63) is 0 Å². The SMILES string of the molecule is CC(=O)N[C@H]1C(O)O[C@H](CO)[C@H](O)[C@@H]1O[C@@H]1O[C@H](CO)[C@H](O[C@H]2O[C@H](CO)[C@H](O)[C@H](O)[C@H]2O)[C@H](O)[C@H]1O.OC1[C@H](O)[C@@H]2C[C@H](O2)[C@H]1O. The Morgan fingerprint density at radius 1 is 0.574 bits per heavy atom. The molecule has 21 nitrogen and oxygen atoms in total. The molecule has 2 bridgehead atoms. The molecule has 1 amide bonds. The van der Waals surface area contributed by atoms with Crippen LogP contribution in [0.1, 0.15) is 13.3 Å². The summed E-state index contributed by atoms with van der Waals surface area (Å²) in [5.74, 6) is -0.637. The average molecular weight is 692 g/mol. The molecule has 6 fully saturated rings. The summed E-state index contributed by atoms with van der Waals surface area (Å²) >= 11 is 0. The first kappa shape index (κ1) is 38.5. The molecular weight excluding hydrogens is 646 g/mol. The molecule has 1 saturated carbocycles. The summed E-state index contributed by atoms with van der Waals surface area (Å²) in [5, 5.41) is 131. The van der Waals surface area contributed by atoms with Gasteiger partial charge in [-0.05, 0) is 0 Å². The number of ether oxygens (including phenoxy) is 6. The minimum atomic E-state index is -1.93. The molecule has 0 spiro atoms. The Morgan fingerprint density at radius 3 is 1.51 bits per heavy atom. The van der Waals surface area contributed by atoms with Crippen LogP contribution in [0, 0.1) is 0 Å². The van der Waals surface area contributed by atoms with Crippen molar-refractivity contribution in [3.63, 3.8) is 0 Å². The Hall–Kier alpha value is -1.29. The molecule has 5 aliphatic heterocycles. The highest BCUT2D eigenvalue weighted by atomic mass is 16.7. The summed E-state index contributed by atoms with van der Waals surface area (Å²) in [4.78, 5) is 11.6. The van der Waals surface area contributed by atoms with E-state index in [1.54, 1.807) is 0 Å². The van der Waals surface area contributed by atoms with Crippen LogP contribution >= 0.6 is 0 Å². The molecule has 6 rings (SSSR count). The highest BCUT2D eigenvalue weighted by Gasteiger charge is 2.54. The Balaban J connectivity index is 0.000000420. The molecule has 5 heterocycles. The first-order valence-electron chi connectivity index (χ1n) is 15.0. The Kier molecular flexibility index (Phi) is 13.2. The van der Waals surface area contributed by atoms with E-state index in [1.165, 1.54) is 0 Å². The molecule has 274 valence electrons. The van der Waals surface area contributed by atoms with Crippen LogP contribution in [0.5, 0.6) is 0 Å². The number of hydrogen-bond acceptors (Lipinski definition) is 20. The summed E-state index contributed by atoms with van der Waals surface area (Å²) < 4.78 is 31.9. The second kappa shape index (κ2) is 16.2. The molecule has 1 aliphatic carbocycles. The van der Waals surface area contributed by atoms with Gasteiger partial charge in [0, 0.05) is 13.3 Å². The fourth-order valence-corrected chi connectivity index (χ4v) is 5.98. The van der Waals surface area contributed by atoms with Crippen molar-refractivity contribution in [3.8, 4) is 0 Å². The maximum atomic E-state index is 11.6. The Bertz CT molecular complexity index is 986. The zero-order valence-electron chi connectivity index (χ0n) is 25.0. The molecule has 0 aromatic heterocycles. The third-order valence-corrected chi connectivity index (χ3v) is 8.77. The zero-order chi connectivity index (χ0) is 34.9. The number of nitrogens with one attached hydrogen (secondary N) is 1. The molecular formula is C26H45NO20.